The molecule has 0 N–H and O–H groups in total. The summed E-state index contributed by atoms with van der Waals surface area (Å²) in [5, 5.41) is 8.64. The predicted molar refractivity (Wildman–Crippen MR) is 67.4 cm³/mol. The number of nitriles is 1. The van der Waals surface area contributed by atoms with Gasteiger partial charge < -0.3 is 9.47 Å². The van der Waals surface area contributed by atoms with Crippen LogP contribution < -0.4 is 4.74 Å². The smallest absolute Gasteiger partial charge is 0.420 e. The van der Waals surface area contributed by atoms with Crippen LogP contribution in [0.4, 0.5) is 13.2 Å². The summed E-state index contributed by atoms with van der Waals surface area (Å²) in [4.78, 5) is 11.3. The molecule has 0 unspecified atom stereocenters. The number of nitrogens with zero attached hydrogens (tertiary/aromatic N) is 1. The molecule has 0 aliphatic heterocycles. The fraction of sp³-hybridized carbons (Fsp3) is 0.286. The molecular formula is C14H12F3NO3. The summed E-state index contributed by atoms with van der Waals surface area (Å²) >= 11 is 0. The molecule has 0 amide bonds. The number of esters is 1. The van der Waals surface area contributed by atoms with Crippen molar-refractivity contribution in [3.63, 3.8) is 0 Å². The standard InChI is InChI=1S/C14H12F3NO3/c1-3-20-13(19)9(2)8-21-12-5-4-10(7-18)6-11(12)14(15,16)17/h4-6H,2-3,8H2,1H3. The second-order valence-corrected chi connectivity index (χ2v) is 3.93. The van der Waals surface area contributed by atoms with E-state index in [-0.39, 0.29) is 17.7 Å². The number of halogens is 3. The summed E-state index contributed by atoms with van der Waals surface area (Å²) in [7, 11) is 0. The molecule has 1 rings (SSSR count). The SMILES string of the molecule is C=C(COc1ccc(C#N)cc1C(F)(F)F)C(=O)OCC. The molecule has 4 nitrogen and oxygen atoms in total. The van der Waals surface area contributed by atoms with Crippen molar-refractivity contribution in [2.45, 2.75) is 13.1 Å². The largest absolute Gasteiger partial charge is 0.488 e. The number of carbonyl (C=O) groups excluding carboxylic acids is 1. The molecule has 0 heterocycles. The normalized spacial score (nSPS) is 10.6. The lowest BCUT2D eigenvalue weighted by atomic mass is 10.1. The summed E-state index contributed by atoms with van der Waals surface area (Å²) in [6, 6.07) is 4.52. The third-order valence-corrected chi connectivity index (χ3v) is 2.38. The van der Waals surface area contributed by atoms with Gasteiger partial charge in [-0.1, -0.05) is 6.58 Å². The van der Waals surface area contributed by atoms with Gasteiger partial charge in [-0.3, -0.25) is 0 Å². The summed E-state index contributed by atoms with van der Waals surface area (Å²) in [6.07, 6.45) is -4.67. The van der Waals surface area contributed by atoms with Crippen LogP contribution in [-0.4, -0.2) is 19.2 Å². The molecular weight excluding hydrogens is 287 g/mol. The van der Waals surface area contributed by atoms with E-state index in [0.717, 1.165) is 6.07 Å². The van der Waals surface area contributed by atoms with E-state index in [1.165, 1.54) is 6.07 Å². The Labute approximate surface area is 119 Å². The van der Waals surface area contributed by atoms with Gasteiger partial charge in [-0.2, -0.15) is 18.4 Å². The van der Waals surface area contributed by atoms with E-state index in [4.69, 9.17) is 10.00 Å². The second kappa shape index (κ2) is 6.79. The van der Waals surface area contributed by atoms with Gasteiger partial charge in [0.1, 0.15) is 12.4 Å². The topological polar surface area (TPSA) is 59.3 Å². The zero-order chi connectivity index (χ0) is 16.0. The number of ether oxygens (including phenoxy) is 2. The Kier molecular flexibility index (Phi) is 5.36. The molecule has 1 aromatic carbocycles. The van der Waals surface area contributed by atoms with E-state index in [1.807, 2.05) is 0 Å². The first-order valence-electron chi connectivity index (χ1n) is 5.88. The van der Waals surface area contributed by atoms with Crippen LogP contribution in [0.3, 0.4) is 0 Å². The predicted octanol–water partition coefficient (Wildman–Crippen LogP) is 3.08. The molecule has 0 aliphatic rings. The average Bonchev–Trinajstić information content (AvgIpc) is 2.43. The lowest BCUT2D eigenvalue weighted by Crippen LogP contribution is -2.15. The van der Waals surface area contributed by atoms with Crippen LogP contribution in [0.5, 0.6) is 5.75 Å². The Hall–Kier alpha value is -2.49. The quantitative estimate of drug-likeness (QED) is 0.619. The lowest BCUT2D eigenvalue weighted by Gasteiger charge is -2.14. The highest BCUT2D eigenvalue weighted by Crippen LogP contribution is 2.36. The Morgan fingerprint density at radius 2 is 2.10 bits per heavy atom. The maximum absolute atomic E-state index is 12.9. The van der Waals surface area contributed by atoms with Gasteiger partial charge in [-0.25, -0.2) is 4.79 Å². The molecule has 0 aliphatic carbocycles. The molecule has 0 saturated carbocycles. The Balaban J connectivity index is 2.92. The monoisotopic (exact) mass is 299 g/mol. The Morgan fingerprint density at radius 1 is 1.43 bits per heavy atom. The van der Waals surface area contributed by atoms with Crippen molar-refractivity contribution in [2.75, 3.05) is 13.2 Å². The van der Waals surface area contributed by atoms with Crippen molar-refractivity contribution in [3.8, 4) is 11.8 Å². The van der Waals surface area contributed by atoms with E-state index in [1.54, 1.807) is 13.0 Å². The van der Waals surface area contributed by atoms with Gasteiger partial charge in [0.15, 0.2) is 0 Å². The molecule has 0 bridgehead atoms. The Bertz CT molecular complexity index is 588. The van der Waals surface area contributed by atoms with E-state index < -0.39 is 30.1 Å². The minimum Gasteiger partial charge on any atom is -0.488 e. The van der Waals surface area contributed by atoms with Crippen LogP contribution in [0.25, 0.3) is 0 Å². The second-order valence-electron chi connectivity index (χ2n) is 3.93. The van der Waals surface area contributed by atoms with Crippen LogP contribution >= 0.6 is 0 Å². The Morgan fingerprint density at radius 3 is 2.62 bits per heavy atom. The fourth-order valence-electron chi connectivity index (χ4n) is 1.40. The third kappa shape index (κ3) is 4.53. The molecule has 0 spiro atoms. The van der Waals surface area contributed by atoms with Gasteiger partial charge in [0.05, 0.1) is 29.4 Å². The number of rotatable bonds is 5. The van der Waals surface area contributed by atoms with Crippen LogP contribution in [-0.2, 0) is 15.7 Å². The first kappa shape index (κ1) is 16.6. The maximum atomic E-state index is 12.9. The van der Waals surface area contributed by atoms with E-state index in [2.05, 4.69) is 11.3 Å². The zero-order valence-electron chi connectivity index (χ0n) is 11.2. The molecule has 21 heavy (non-hydrogen) atoms. The number of hydrogen-bond donors (Lipinski definition) is 0. The molecule has 0 aromatic heterocycles. The zero-order valence-corrected chi connectivity index (χ0v) is 11.2. The van der Waals surface area contributed by atoms with E-state index >= 15 is 0 Å². The van der Waals surface area contributed by atoms with Gasteiger partial charge >= 0.3 is 12.1 Å². The van der Waals surface area contributed by atoms with E-state index in [0.29, 0.717) is 6.07 Å². The van der Waals surface area contributed by atoms with Crippen molar-refractivity contribution >= 4 is 5.97 Å². The van der Waals surface area contributed by atoms with Gasteiger partial charge in [-0.05, 0) is 25.1 Å². The van der Waals surface area contributed by atoms with Crippen LogP contribution in [0.15, 0.2) is 30.4 Å². The molecule has 7 heteroatoms. The molecule has 0 fully saturated rings. The third-order valence-electron chi connectivity index (χ3n) is 2.38. The fourth-order valence-corrected chi connectivity index (χ4v) is 1.40. The van der Waals surface area contributed by atoms with Crippen LogP contribution in [0.1, 0.15) is 18.1 Å². The van der Waals surface area contributed by atoms with Crippen LogP contribution in [0.2, 0.25) is 0 Å². The van der Waals surface area contributed by atoms with Crippen LogP contribution in [0, 0.1) is 11.3 Å². The summed E-state index contributed by atoms with van der Waals surface area (Å²) < 4.78 is 48.2. The van der Waals surface area contributed by atoms with Gasteiger partial charge in [0.2, 0.25) is 0 Å². The minimum atomic E-state index is -4.67. The highest BCUT2D eigenvalue weighted by atomic mass is 19.4. The van der Waals surface area contributed by atoms with Crippen molar-refractivity contribution in [3.05, 3.63) is 41.5 Å². The minimum absolute atomic E-state index is 0.102. The molecule has 0 radical (unpaired) electrons. The van der Waals surface area contributed by atoms with Gasteiger partial charge in [-0.15, -0.1) is 0 Å². The first-order valence-corrected chi connectivity index (χ1v) is 5.88. The van der Waals surface area contributed by atoms with E-state index in [9.17, 15) is 18.0 Å². The highest BCUT2D eigenvalue weighted by Gasteiger charge is 2.34. The number of carbonyl (C=O) groups is 1. The summed E-state index contributed by atoms with van der Waals surface area (Å²) in [5.74, 6) is -1.22. The first-order chi connectivity index (χ1) is 9.79. The summed E-state index contributed by atoms with van der Waals surface area (Å²) in [6.45, 7) is 4.66. The van der Waals surface area contributed by atoms with Crippen molar-refractivity contribution in [1.29, 1.82) is 5.26 Å². The van der Waals surface area contributed by atoms with Crippen molar-refractivity contribution < 1.29 is 27.4 Å². The van der Waals surface area contributed by atoms with Gasteiger partial charge in [0, 0.05) is 0 Å². The maximum Gasteiger partial charge on any atom is 0.420 e. The van der Waals surface area contributed by atoms with Crippen molar-refractivity contribution in [1.82, 2.24) is 0 Å². The number of hydrogen-bond acceptors (Lipinski definition) is 4. The summed E-state index contributed by atoms with van der Waals surface area (Å²) in [5.41, 5.74) is -1.33. The molecule has 0 atom stereocenters. The molecule has 1 aromatic rings. The molecule has 0 saturated heterocycles. The lowest BCUT2D eigenvalue weighted by molar-refractivity contribution is -0.139. The molecule has 112 valence electrons. The number of alkyl halides is 3. The number of benzene rings is 1. The average molecular weight is 299 g/mol. The van der Waals surface area contributed by atoms with Gasteiger partial charge in [0.25, 0.3) is 0 Å². The van der Waals surface area contributed by atoms with Crippen molar-refractivity contribution in [2.24, 2.45) is 0 Å². The highest BCUT2D eigenvalue weighted by molar-refractivity contribution is 5.88.